The van der Waals surface area contributed by atoms with E-state index in [0.29, 0.717) is 6.04 Å². The van der Waals surface area contributed by atoms with Crippen molar-refractivity contribution in [2.75, 3.05) is 24.5 Å². The lowest BCUT2D eigenvalue weighted by molar-refractivity contribution is 0.0726. The SMILES string of the molecule is Cc1ccc(C(=O)N2CCN(c3ccccc3)C(C)C2)cc1C. The highest BCUT2D eigenvalue weighted by Gasteiger charge is 2.27. The second-order valence-electron chi connectivity index (χ2n) is 6.43. The van der Waals surface area contributed by atoms with Crippen molar-refractivity contribution < 1.29 is 4.79 Å². The lowest BCUT2D eigenvalue weighted by Gasteiger charge is -2.41. The highest BCUT2D eigenvalue weighted by Crippen LogP contribution is 2.21. The number of piperazine rings is 1. The molecule has 1 amide bonds. The van der Waals surface area contributed by atoms with Gasteiger partial charge in [-0.15, -0.1) is 0 Å². The van der Waals surface area contributed by atoms with Gasteiger partial charge in [0.05, 0.1) is 0 Å². The molecule has 23 heavy (non-hydrogen) atoms. The van der Waals surface area contributed by atoms with Gasteiger partial charge in [0.1, 0.15) is 0 Å². The van der Waals surface area contributed by atoms with Gasteiger partial charge in [0.15, 0.2) is 0 Å². The summed E-state index contributed by atoms with van der Waals surface area (Å²) >= 11 is 0. The van der Waals surface area contributed by atoms with Crippen LogP contribution in [0.25, 0.3) is 0 Å². The molecule has 1 heterocycles. The van der Waals surface area contributed by atoms with Gasteiger partial charge in [-0.05, 0) is 56.2 Å². The Hall–Kier alpha value is -2.29. The number of carbonyl (C=O) groups is 1. The summed E-state index contributed by atoms with van der Waals surface area (Å²) in [7, 11) is 0. The van der Waals surface area contributed by atoms with E-state index in [-0.39, 0.29) is 5.91 Å². The van der Waals surface area contributed by atoms with Gasteiger partial charge < -0.3 is 9.80 Å². The first-order chi connectivity index (χ1) is 11.1. The highest BCUT2D eigenvalue weighted by atomic mass is 16.2. The summed E-state index contributed by atoms with van der Waals surface area (Å²) in [5.74, 6) is 0.146. The molecular weight excluding hydrogens is 284 g/mol. The number of rotatable bonds is 2. The average Bonchev–Trinajstić information content (AvgIpc) is 2.57. The molecule has 0 saturated carbocycles. The fourth-order valence-electron chi connectivity index (χ4n) is 3.20. The van der Waals surface area contributed by atoms with Crippen molar-refractivity contribution in [1.82, 2.24) is 4.90 Å². The van der Waals surface area contributed by atoms with E-state index in [1.807, 2.05) is 29.2 Å². The summed E-state index contributed by atoms with van der Waals surface area (Å²) in [6.45, 7) is 8.73. The van der Waals surface area contributed by atoms with Gasteiger partial charge in [0.25, 0.3) is 5.91 Å². The molecule has 0 N–H and O–H groups in total. The maximum absolute atomic E-state index is 12.8. The van der Waals surface area contributed by atoms with E-state index in [9.17, 15) is 4.79 Å². The van der Waals surface area contributed by atoms with Crippen molar-refractivity contribution in [2.45, 2.75) is 26.8 Å². The quantitative estimate of drug-likeness (QED) is 0.845. The average molecular weight is 308 g/mol. The monoisotopic (exact) mass is 308 g/mol. The molecule has 1 unspecified atom stereocenters. The topological polar surface area (TPSA) is 23.6 Å². The van der Waals surface area contributed by atoms with Crippen LogP contribution >= 0.6 is 0 Å². The number of nitrogens with zero attached hydrogens (tertiary/aromatic N) is 2. The maximum Gasteiger partial charge on any atom is 0.253 e. The van der Waals surface area contributed by atoms with Gasteiger partial charge in [-0.2, -0.15) is 0 Å². The predicted octanol–water partition coefficient (Wildman–Crippen LogP) is 3.65. The van der Waals surface area contributed by atoms with Crippen LogP contribution in [0.3, 0.4) is 0 Å². The smallest absolute Gasteiger partial charge is 0.253 e. The van der Waals surface area contributed by atoms with E-state index in [1.165, 1.54) is 16.8 Å². The Balaban J connectivity index is 1.72. The van der Waals surface area contributed by atoms with Gasteiger partial charge in [-0.1, -0.05) is 24.3 Å². The number of carbonyl (C=O) groups excluding carboxylic acids is 1. The Bertz CT molecular complexity index is 696. The fourth-order valence-corrected chi connectivity index (χ4v) is 3.20. The van der Waals surface area contributed by atoms with E-state index in [0.717, 1.165) is 25.2 Å². The number of hydrogen-bond acceptors (Lipinski definition) is 2. The van der Waals surface area contributed by atoms with E-state index >= 15 is 0 Å². The van der Waals surface area contributed by atoms with Crippen molar-refractivity contribution in [1.29, 1.82) is 0 Å². The minimum absolute atomic E-state index is 0.146. The Morgan fingerprint density at radius 1 is 1.00 bits per heavy atom. The van der Waals surface area contributed by atoms with Crippen molar-refractivity contribution in [3.63, 3.8) is 0 Å². The summed E-state index contributed by atoms with van der Waals surface area (Å²) in [5, 5.41) is 0. The Labute approximate surface area is 138 Å². The normalized spacial score (nSPS) is 18.1. The van der Waals surface area contributed by atoms with Crippen LogP contribution in [-0.2, 0) is 0 Å². The summed E-state index contributed by atoms with van der Waals surface area (Å²) in [6.07, 6.45) is 0. The molecule has 3 rings (SSSR count). The minimum atomic E-state index is 0.146. The minimum Gasteiger partial charge on any atom is -0.365 e. The van der Waals surface area contributed by atoms with Crippen LogP contribution in [0.4, 0.5) is 5.69 Å². The Morgan fingerprint density at radius 3 is 2.39 bits per heavy atom. The summed E-state index contributed by atoms with van der Waals surface area (Å²) in [4.78, 5) is 17.1. The third-order valence-electron chi connectivity index (χ3n) is 4.76. The van der Waals surface area contributed by atoms with Gasteiger partial charge in [-0.25, -0.2) is 0 Å². The first-order valence-electron chi connectivity index (χ1n) is 8.24. The molecule has 0 spiro atoms. The molecule has 3 heteroatoms. The van der Waals surface area contributed by atoms with E-state index in [4.69, 9.17) is 0 Å². The molecule has 1 aliphatic rings. The van der Waals surface area contributed by atoms with Crippen LogP contribution in [0.5, 0.6) is 0 Å². The molecule has 0 bridgehead atoms. The van der Waals surface area contributed by atoms with Gasteiger partial charge in [0, 0.05) is 36.9 Å². The largest absolute Gasteiger partial charge is 0.365 e. The number of amides is 1. The standard InChI is InChI=1S/C20H24N2O/c1-15-9-10-18(13-16(15)2)20(23)21-11-12-22(17(3)14-21)19-7-5-4-6-8-19/h4-10,13,17H,11-12,14H2,1-3H3. The number of anilines is 1. The predicted molar refractivity (Wildman–Crippen MR) is 95.1 cm³/mol. The lowest BCUT2D eigenvalue weighted by atomic mass is 10.0. The second kappa shape index (κ2) is 6.45. The molecule has 0 aliphatic carbocycles. The van der Waals surface area contributed by atoms with Crippen molar-refractivity contribution in [3.8, 4) is 0 Å². The first kappa shape index (κ1) is 15.6. The number of para-hydroxylation sites is 1. The lowest BCUT2D eigenvalue weighted by Crippen LogP contribution is -2.53. The van der Waals surface area contributed by atoms with Crippen molar-refractivity contribution >= 4 is 11.6 Å². The zero-order valence-electron chi connectivity index (χ0n) is 14.1. The van der Waals surface area contributed by atoms with Crippen LogP contribution in [-0.4, -0.2) is 36.5 Å². The van der Waals surface area contributed by atoms with Crippen LogP contribution in [0.15, 0.2) is 48.5 Å². The molecule has 1 saturated heterocycles. The third kappa shape index (κ3) is 3.24. The number of aryl methyl sites for hydroxylation is 2. The Morgan fingerprint density at radius 2 is 1.74 bits per heavy atom. The van der Waals surface area contributed by atoms with E-state index in [2.05, 4.69) is 49.9 Å². The van der Waals surface area contributed by atoms with Crippen molar-refractivity contribution in [2.24, 2.45) is 0 Å². The molecule has 2 aromatic carbocycles. The summed E-state index contributed by atoms with van der Waals surface area (Å²) < 4.78 is 0. The number of benzene rings is 2. The van der Waals surface area contributed by atoms with Crippen LogP contribution in [0.1, 0.15) is 28.4 Å². The van der Waals surface area contributed by atoms with Crippen LogP contribution in [0, 0.1) is 13.8 Å². The molecule has 1 fully saturated rings. The zero-order chi connectivity index (χ0) is 16.4. The molecule has 1 aliphatic heterocycles. The van der Waals surface area contributed by atoms with Gasteiger partial charge >= 0.3 is 0 Å². The van der Waals surface area contributed by atoms with Crippen LogP contribution in [0.2, 0.25) is 0 Å². The fraction of sp³-hybridized carbons (Fsp3) is 0.350. The van der Waals surface area contributed by atoms with Crippen molar-refractivity contribution in [3.05, 3.63) is 65.2 Å². The third-order valence-corrected chi connectivity index (χ3v) is 4.76. The van der Waals surface area contributed by atoms with E-state index < -0.39 is 0 Å². The maximum atomic E-state index is 12.8. The molecule has 2 aromatic rings. The Kier molecular flexibility index (Phi) is 4.37. The first-order valence-corrected chi connectivity index (χ1v) is 8.24. The number of hydrogen-bond donors (Lipinski definition) is 0. The molecule has 1 atom stereocenters. The molecular formula is C20H24N2O. The molecule has 3 nitrogen and oxygen atoms in total. The van der Waals surface area contributed by atoms with E-state index in [1.54, 1.807) is 0 Å². The zero-order valence-corrected chi connectivity index (χ0v) is 14.1. The molecule has 0 radical (unpaired) electrons. The van der Waals surface area contributed by atoms with Gasteiger partial charge in [0.2, 0.25) is 0 Å². The summed E-state index contributed by atoms with van der Waals surface area (Å²) in [6, 6.07) is 16.7. The van der Waals surface area contributed by atoms with Gasteiger partial charge in [-0.3, -0.25) is 4.79 Å². The summed E-state index contributed by atoms with van der Waals surface area (Å²) in [5.41, 5.74) is 4.43. The molecule has 0 aromatic heterocycles. The molecule has 120 valence electrons. The second-order valence-corrected chi connectivity index (χ2v) is 6.43. The highest BCUT2D eigenvalue weighted by molar-refractivity contribution is 5.94. The van der Waals surface area contributed by atoms with Crippen LogP contribution < -0.4 is 4.90 Å².